The van der Waals surface area contributed by atoms with Crippen LogP contribution in [0.4, 0.5) is 17.1 Å². The van der Waals surface area contributed by atoms with E-state index >= 15 is 0 Å². The maximum atomic E-state index is 12.7. The van der Waals surface area contributed by atoms with Crippen LogP contribution < -0.4 is 10.6 Å². The van der Waals surface area contributed by atoms with E-state index in [4.69, 9.17) is 0 Å². The van der Waals surface area contributed by atoms with Crippen molar-refractivity contribution in [2.24, 2.45) is 0 Å². The van der Waals surface area contributed by atoms with Gasteiger partial charge in [0.15, 0.2) is 5.78 Å². The molecule has 148 valence electrons. The normalized spacial score (nSPS) is 11.0. The number of Topliss-reactive ketones (excluding diaryl/α,β-unsaturated/α-hetero) is 1. The van der Waals surface area contributed by atoms with Gasteiger partial charge < -0.3 is 10.6 Å². The maximum absolute atomic E-state index is 12.7. The lowest BCUT2D eigenvalue weighted by atomic mass is 9.86. The van der Waals surface area contributed by atoms with E-state index < -0.39 is 0 Å². The number of amides is 1. The Hall–Kier alpha value is -3.47. The maximum Gasteiger partial charge on any atom is 0.274 e. The number of benzene rings is 2. The summed E-state index contributed by atoms with van der Waals surface area (Å²) in [6.07, 6.45) is 1.60. The standard InChI is InChI=1S/C24H25N3O2/c1-16(28)17-8-7-9-18(14-17)26-19-12-13-22(25-15-19)23(29)27-21-11-6-5-10-20(21)24(2,3)4/h5-15,26H,1-4H3,(H,27,29). The van der Waals surface area contributed by atoms with Crippen LogP contribution in [-0.4, -0.2) is 16.7 Å². The van der Waals surface area contributed by atoms with Crippen LogP contribution in [0, 0.1) is 0 Å². The Bertz CT molecular complexity index is 1030. The first-order valence-corrected chi connectivity index (χ1v) is 9.49. The summed E-state index contributed by atoms with van der Waals surface area (Å²) in [6, 6.07) is 18.5. The van der Waals surface area contributed by atoms with E-state index in [1.165, 1.54) is 6.92 Å². The molecule has 5 heteroatoms. The predicted octanol–water partition coefficient (Wildman–Crippen LogP) is 5.58. The number of anilines is 3. The van der Waals surface area contributed by atoms with E-state index in [9.17, 15) is 9.59 Å². The minimum atomic E-state index is -0.258. The van der Waals surface area contributed by atoms with Crippen LogP contribution >= 0.6 is 0 Å². The van der Waals surface area contributed by atoms with Gasteiger partial charge in [-0.3, -0.25) is 9.59 Å². The van der Waals surface area contributed by atoms with Gasteiger partial charge in [-0.15, -0.1) is 0 Å². The number of nitrogens with zero attached hydrogens (tertiary/aromatic N) is 1. The molecule has 1 aromatic heterocycles. The van der Waals surface area contributed by atoms with E-state index in [0.29, 0.717) is 11.3 Å². The molecular weight excluding hydrogens is 362 g/mol. The molecule has 3 aromatic rings. The van der Waals surface area contributed by atoms with Gasteiger partial charge in [-0.25, -0.2) is 4.98 Å². The second-order valence-electron chi connectivity index (χ2n) is 7.94. The molecule has 5 nitrogen and oxygen atoms in total. The van der Waals surface area contributed by atoms with Crippen molar-refractivity contribution in [2.45, 2.75) is 33.1 Å². The van der Waals surface area contributed by atoms with Gasteiger partial charge in [-0.05, 0) is 48.2 Å². The molecule has 0 aliphatic carbocycles. The smallest absolute Gasteiger partial charge is 0.274 e. The van der Waals surface area contributed by atoms with Crippen LogP contribution in [0.1, 0.15) is 54.1 Å². The minimum absolute atomic E-state index is 0.00864. The summed E-state index contributed by atoms with van der Waals surface area (Å²) in [4.78, 5) is 28.5. The van der Waals surface area contributed by atoms with Crippen molar-refractivity contribution in [3.05, 3.63) is 83.7 Å². The van der Waals surface area contributed by atoms with Crippen LogP contribution in [0.5, 0.6) is 0 Å². The number of carbonyl (C=O) groups excluding carboxylic acids is 2. The molecule has 0 aliphatic heterocycles. The molecule has 3 rings (SSSR count). The molecule has 2 aromatic carbocycles. The van der Waals surface area contributed by atoms with Crippen LogP contribution in [0.25, 0.3) is 0 Å². The highest BCUT2D eigenvalue weighted by Crippen LogP contribution is 2.29. The lowest BCUT2D eigenvalue weighted by molar-refractivity contribution is 0.101. The molecule has 0 atom stereocenters. The third-order valence-corrected chi connectivity index (χ3v) is 4.54. The molecule has 1 heterocycles. The molecule has 0 bridgehead atoms. The Labute approximate surface area is 171 Å². The molecule has 1 amide bonds. The van der Waals surface area contributed by atoms with E-state index in [-0.39, 0.29) is 17.1 Å². The Morgan fingerprint density at radius 3 is 2.31 bits per heavy atom. The first-order chi connectivity index (χ1) is 13.7. The van der Waals surface area contributed by atoms with Crippen molar-refractivity contribution in [1.29, 1.82) is 0 Å². The molecule has 0 radical (unpaired) electrons. The topological polar surface area (TPSA) is 71.1 Å². The zero-order chi connectivity index (χ0) is 21.0. The number of pyridine rings is 1. The number of nitrogens with one attached hydrogen (secondary N) is 2. The summed E-state index contributed by atoms with van der Waals surface area (Å²) < 4.78 is 0. The number of hydrogen-bond donors (Lipinski definition) is 2. The highest BCUT2D eigenvalue weighted by molar-refractivity contribution is 6.03. The van der Waals surface area contributed by atoms with Gasteiger partial charge in [0.1, 0.15) is 5.69 Å². The number of aromatic nitrogens is 1. The minimum Gasteiger partial charge on any atom is -0.354 e. The molecule has 0 unspecified atom stereocenters. The summed E-state index contributed by atoms with van der Waals surface area (Å²) in [5.74, 6) is -0.249. The quantitative estimate of drug-likeness (QED) is 0.561. The van der Waals surface area contributed by atoms with Gasteiger partial charge in [0, 0.05) is 16.9 Å². The zero-order valence-corrected chi connectivity index (χ0v) is 17.1. The van der Waals surface area contributed by atoms with Crippen molar-refractivity contribution in [3.8, 4) is 0 Å². The molecule has 2 N–H and O–H groups in total. The fourth-order valence-electron chi connectivity index (χ4n) is 3.02. The van der Waals surface area contributed by atoms with Gasteiger partial charge in [0.2, 0.25) is 0 Å². The molecular formula is C24H25N3O2. The van der Waals surface area contributed by atoms with Crippen LogP contribution in [0.3, 0.4) is 0 Å². The van der Waals surface area contributed by atoms with Gasteiger partial charge in [-0.2, -0.15) is 0 Å². The highest BCUT2D eigenvalue weighted by Gasteiger charge is 2.19. The number of ketones is 1. The highest BCUT2D eigenvalue weighted by atomic mass is 16.2. The first-order valence-electron chi connectivity index (χ1n) is 9.49. The Balaban J connectivity index is 1.73. The van der Waals surface area contributed by atoms with Crippen LogP contribution in [0.2, 0.25) is 0 Å². The molecule has 0 saturated heterocycles. The molecule has 0 fully saturated rings. The summed E-state index contributed by atoms with van der Waals surface area (Å²) in [6.45, 7) is 7.86. The Morgan fingerprint density at radius 1 is 0.897 bits per heavy atom. The summed E-state index contributed by atoms with van der Waals surface area (Å²) in [7, 11) is 0. The second kappa shape index (κ2) is 8.27. The van der Waals surface area contributed by atoms with Gasteiger partial charge >= 0.3 is 0 Å². The summed E-state index contributed by atoms with van der Waals surface area (Å²) in [5.41, 5.74) is 4.26. The van der Waals surface area contributed by atoms with Crippen molar-refractivity contribution < 1.29 is 9.59 Å². The number of para-hydroxylation sites is 1. The Morgan fingerprint density at radius 2 is 1.66 bits per heavy atom. The van der Waals surface area contributed by atoms with E-state index in [2.05, 4.69) is 36.4 Å². The van der Waals surface area contributed by atoms with Crippen molar-refractivity contribution >= 4 is 28.8 Å². The average Bonchev–Trinajstić information content (AvgIpc) is 2.68. The van der Waals surface area contributed by atoms with Crippen molar-refractivity contribution in [1.82, 2.24) is 4.98 Å². The van der Waals surface area contributed by atoms with Gasteiger partial charge in [-0.1, -0.05) is 51.1 Å². The largest absolute Gasteiger partial charge is 0.354 e. The number of carbonyl (C=O) groups is 2. The SMILES string of the molecule is CC(=O)c1cccc(Nc2ccc(C(=O)Nc3ccccc3C(C)(C)C)nc2)c1. The monoisotopic (exact) mass is 387 g/mol. The molecule has 0 aliphatic rings. The lowest BCUT2D eigenvalue weighted by Crippen LogP contribution is -2.19. The van der Waals surface area contributed by atoms with E-state index in [0.717, 1.165) is 22.6 Å². The van der Waals surface area contributed by atoms with E-state index in [1.54, 1.807) is 30.5 Å². The summed E-state index contributed by atoms with van der Waals surface area (Å²) >= 11 is 0. The number of hydrogen-bond acceptors (Lipinski definition) is 4. The molecule has 0 spiro atoms. The fraction of sp³-hybridized carbons (Fsp3) is 0.208. The third-order valence-electron chi connectivity index (χ3n) is 4.54. The fourth-order valence-corrected chi connectivity index (χ4v) is 3.02. The van der Waals surface area contributed by atoms with Crippen molar-refractivity contribution in [2.75, 3.05) is 10.6 Å². The van der Waals surface area contributed by atoms with E-state index in [1.807, 2.05) is 36.4 Å². The van der Waals surface area contributed by atoms with Crippen LogP contribution in [-0.2, 0) is 5.41 Å². The predicted molar refractivity (Wildman–Crippen MR) is 117 cm³/mol. The average molecular weight is 387 g/mol. The second-order valence-corrected chi connectivity index (χ2v) is 7.94. The molecule has 29 heavy (non-hydrogen) atoms. The Kier molecular flexibility index (Phi) is 5.78. The van der Waals surface area contributed by atoms with Crippen molar-refractivity contribution in [3.63, 3.8) is 0 Å². The number of rotatable bonds is 5. The lowest BCUT2D eigenvalue weighted by Gasteiger charge is -2.22. The van der Waals surface area contributed by atoms with Gasteiger partial charge in [0.25, 0.3) is 5.91 Å². The van der Waals surface area contributed by atoms with Gasteiger partial charge in [0.05, 0.1) is 11.9 Å². The zero-order valence-electron chi connectivity index (χ0n) is 17.1. The molecule has 0 saturated carbocycles. The third kappa shape index (κ3) is 5.08. The van der Waals surface area contributed by atoms with Crippen LogP contribution in [0.15, 0.2) is 66.9 Å². The first kappa shape index (κ1) is 20.3. The summed E-state index contributed by atoms with van der Waals surface area (Å²) in [5, 5.41) is 6.16.